The van der Waals surface area contributed by atoms with Crippen molar-refractivity contribution in [1.82, 2.24) is 0 Å². The molecule has 2 saturated heterocycles. The van der Waals surface area contributed by atoms with Gasteiger partial charge in [0.15, 0.2) is 0 Å². The van der Waals surface area contributed by atoms with Gasteiger partial charge in [0.25, 0.3) is 0 Å². The Kier molecular flexibility index (Phi) is 5.74. The molecule has 2 rings (SSSR count). The average molecular weight is 277 g/mol. The molecule has 2 aliphatic rings. The predicted octanol–water partition coefficient (Wildman–Crippen LogP) is 3.00. The van der Waals surface area contributed by atoms with E-state index in [2.05, 4.69) is 0 Å². The van der Waals surface area contributed by atoms with Gasteiger partial charge in [0, 0.05) is 38.9 Å². The molecule has 0 aromatic carbocycles. The highest BCUT2D eigenvalue weighted by Gasteiger charge is 2.40. The van der Waals surface area contributed by atoms with Crippen molar-refractivity contribution in [2.75, 3.05) is 33.5 Å². The van der Waals surface area contributed by atoms with Gasteiger partial charge in [-0.2, -0.15) is 0 Å². The Balaban J connectivity index is 1.81. The van der Waals surface area contributed by atoms with Crippen LogP contribution < -0.4 is 0 Å². The first-order chi connectivity index (χ1) is 8.76. The van der Waals surface area contributed by atoms with E-state index in [1.54, 1.807) is 7.11 Å². The fourth-order valence-electron chi connectivity index (χ4n) is 3.12. The molecule has 0 radical (unpaired) electrons. The molecule has 4 heteroatoms. The second kappa shape index (κ2) is 7.09. The Hall–Kier alpha value is 0.170. The molecular formula is C14H25ClO3. The lowest BCUT2D eigenvalue weighted by atomic mass is 9.79. The van der Waals surface area contributed by atoms with Crippen molar-refractivity contribution in [3.8, 4) is 0 Å². The summed E-state index contributed by atoms with van der Waals surface area (Å²) in [7, 11) is 1.74. The van der Waals surface area contributed by atoms with E-state index in [4.69, 9.17) is 25.8 Å². The van der Waals surface area contributed by atoms with Crippen molar-refractivity contribution in [2.45, 2.75) is 49.5 Å². The first-order valence-electron chi connectivity index (χ1n) is 7.10. The van der Waals surface area contributed by atoms with E-state index in [-0.39, 0.29) is 11.0 Å². The fourth-order valence-corrected chi connectivity index (χ4v) is 3.49. The molecule has 2 atom stereocenters. The zero-order valence-electron chi connectivity index (χ0n) is 11.3. The third-order valence-electron chi connectivity index (χ3n) is 4.27. The molecule has 0 aromatic rings. The normalized spacial score (nSPS) is 29.3. The zero-order valence-corrected chi connectivity index (χ0v) is 12.1. The smallest absolute Gasteiger partial charge is 0.0729 e. The summed E-state index contributed by atoms with van der Waals surface area (Å²) >= 11 is 6.56. The lowest BCUT2D eigenvalue weighted by molar-refractivity contribution is -0.147. The molecular weight excluding hydrogens is 252 g/mol. The molecule has 0 amide bonds. The first kappa shape index (κ1) is 14.6. The van der Waals surface area contributed by atoms with E-state index in [1.165, 1.54) is 0 Å². The predicted molar refractivity (Wildman–Crippen MR) is 72.2 cm³/mol. The van der Waals surface area contributed by atoms with Crippen molar-refractivity contribution in [2.24, 2.45) is 5.92 Å². The van der Waals surface area contributed by atoms with Crippen LogP contribution in [0, 0.1) is 5.92 Å². The highest BCUT2D eigenvalue weighted by atomic mass is 35.5. The molecule has 0 aromatic heterocycles. The van der Waals surface area contributed by atoms with E-state index in [1.807, 2.05) is 0 Å². The second-order valence-electron chi connectivity index (χ2n) is 5.55. The maximum atomic E-state index is 6.56. The quantitative estimate of drug-likeness (QED) is 0.571. The second-order valence-corrected chi connectivity index (χ2v) is 6.11. The van der Waals surface area contributed by atoms with E-state index in [0.717, 1.165) is 65.0 Å². The van der Waals surface area contributed by atoms with Crippen molar-refractivity contribution in [1.29, 1.82) is 0 Å². The van der Waals surface area contributed by atoms with E-state index in [9.17, 15) is 0 Å². The third kappa shape index (κ3) is 3.83. The van der Waals surface area contributed by atoms with E-state index < -0.39 is 0 Å². The van der Waals surface area contributed by atoms with Crippen LogP contribution in [0.1, 0.15) is 38.5 Å². The van der Waals surface area contributed by atoms with Gasteiger partial charge in [-0.1, -0.05) is 0 Å². The van der Waals surface area contributed by atoms with Gasteiger partial charge in [-0.25, -0.2) is 0 Å². The monoisotopic (exact) mass is 276 g/mol. The van der Waals surface area contributed by atoms with Crippen LogP contribution in [0.25, 0.3) is 0 Å². The summed E-state index contributed by atoms with van der Waals surface area (Å²) in [4.78, 5) is 0. The lowest BCUT2D eigenvalue weighted by Gasteiger charge is -2.44. The Bertz CT molecular complexity index is 236. The minimum absolute atomic E-state index is 0.0650. The minimum atomic E-state index is 0.0650. The zero-order chi connectivity index (χ0) is 12.8. The van der Waals surface area contributed by atoms with Crippen LogP contribution in [0.4, 0.5) is 0 Å². The maximum Gasteiger partial charge on any atom is 0.0729 e. The van der Waals surface area contributed by atoms with E-state index >= 15 is 0 Å². The molecule has 2 aliphatic heterocycles. The van der Waals surface area contributed by atoms with Gasteiger partial charge in [-0.15, -0.1) is 11.6 Å². The molecule has 106 valence electrons. The highest BCUT2D eigenvalue weighted by Crippen LogP contribution is 2.40. The largest absolute Gasteiger partial charge is 0.385 e. The molecule has 2 unspecified atom stereocenters. The number of halogens is 1. The summed E-state index contributed by atoms with van der Waals surface area (Å²) in [6, 6.07) is 0. The van der Waals surface area contributed by atoms with Crippen molar-refractivity contribution < 1.29 is 14.2 Å². The summed E-state index contributed by atoms with van der Waals surface area (Å²) in [5, 5.41) is 0.267. The van der Waals surface area contributed by atoms with Gasteiger partial charge in [0.1, 0.15) is 0 Å². The van der Waals surface area contributed by atoms with E-state index in [0.29, 0.717) is 5.92 Å². The molecule has 0 N–H and O–H groups in total. The minimum Gasteiger partial charge on any atom is -0.385 e. The van der Waals surface area contributed by atoms with Crippen LogP contribution in [0.2, 0.25) is 0 Å². The van der Waals surface area contributed by atoms with Gasteiger partial charge in [-0.3, -0.25) is 0 Å². The van der Waals surface area contributed by atoms with Crippen LogP contribution in [0.5, 0.6) is 0 Å². The Labute approximate surface area is 115 Å². The summed E-state index contributed by atoms with van der Waals surface area (Å²) in [6.07, 6.45) is 6.38. The number of hydrogen-bond acceptors (Lipinski definition) is 3. The van der Waals surface area contributed by atoms with Crippen molar-refractivity contribution in [3.05, 3.63) is 0 Å². The van der Waals surface area contributed by atoms with Crippen LogP contribution in [0.3, 0.4) is 0 Å². The summed E-state index contributed by atoms with van der Waals surface area (Å²) < 4.78 is 16.6. The highest BCUT2D eigenvalue weighted by molar-refractivity contribution is 6.20. The molecule has 3 nitrogen and oxygen atoms in total. The molecule has 0 aliphatic carbocycles. The SMILES string of the molecule is COCCCC(Cl)C1CCOC2(CCOCC2)C1. The number of hydrogen-bond donors (Lipinski definition) is 0. The van der Waals surface area contributed by atoms with Gasteiger partial charge in [-0.05, 0) is 44.4 Å². The first-order valence-corrected chi connectivity index (χ1v) is 7.54. The molecule has 18 heavy (non-hydrogen) atoms. The molecule has 2 fully saturated rings. The number of ether oxygens (including phenoxy) is 3. The van der Waals surface area contributed by atoms with Crippen LogP contribution in [-0.4, -0.2) is 44.5 Å². The molecule has 2 heterocycles. The average Bonchev–Trinajstić information content (AvgIpc) is 2.40. The summed E-state index contributed by atoms with van der Waals surface area (Å²) in [5.41, 5.74) is 0.0650. The lowest BCUT2D eigenvalue weighted by Crippen LogP contribution is -2.46. The van der Waals surface area contributed by atoms with Crippen molar-refractivity contribution in [3.63, 3.8) is 0 Å². The maximum absolute atomic E-state index is 6.56. The fraction of sp³-hybridized carbons (Fsp3) is 1.00. The van der Waals surface area contributed by atoms with Gasteiger partial charge >= 0.3 is 0 Å². The Morgan fingerprint density at radius 3 is 2.83 bits per heavy atom. The Morgan fingerprint density at radius 1 is 1.33 bits per heavy atom. The number of methoxy groups -OCH3 is 1. The van der Waals surface area contributed by atoms with Gasteiger partial charge < -0.3 is 14.2 Å². The Morgan fingerprint density at radius 2 is 2.11 bits per heavy atom. The standard InChI is InChI=1S/C14H25ClO3/c1-16-7-2-3-13(15)12-4-8-18-14(11-12)5-9-17-10-6-14/h12-13H,2-11H2,1H3. The van der Waals surface area contributed by atoms with Crippen LogP contribution >= 0.6 is 11.6 Å². The van der Waals surface area contributed by atoms with Crippen LogP contribution in [-0.2, 0) is 14.2 Å². The molecule has 0 bridgehead atoms. The van der Waals surface area contributed by atoms with Gasteiger partial charge in [0.2, 0.25) is 0 Å². The van der Waals surface area contributed by atoms with Gasteiger partial charge in [0.05, 0.1) is 5.60 Å². The third-order valence-corrected chi connectivity index (χ3v) is 4.85. The molecule has 1 spiro atoms. The number of alkyl halides is 1. The summed E-state index contributed by atoms with van der Waals surface area (Å²) in [5.74, 6) is 0.593. The summed E-state index contributed by atoms with van der Waals surface area (Å²) in [6.45, 7) is 3.34. The topological polar surface area (TPSA) is 27.7 Å². The molecule has 0 saturated carbocycles. The number of rotatable bonds is 5. The van der Waals surface area contributed by atoms with Crippen molar-refractivity contribution >= 4 is 11.6 Å². The van der Waals surface area contributed by atoms with Crippen LogP contribution in [0.15, 0.2) is 0 Å².